The Labute approximate surface area is 184 Å². The molecule has 0 aliphatic heterocycles. The van der Waals surface area contributed by atoms with Crippen LogP contribution in [-0.2, 0) is 18.3 Å². The molecule has 0 unspecified atom stereocenters. The van der Waals surface area contributed by atoms with E-state index in [1.807, 2.05) is 24.3 Å². The van der Waals surface area contributed by atoms with E-state index in [9.17, 15) is 10.2 Å². The lowest BCUT2D eigenvalue weighted by atomic mass is 9.68. The molecule has 0 radical (unpaired) electrons. The Morgan fingerprint density at radius 3 is 1.57 bits per heavy atom. The maximum Gasteiger partial charge on any atom is 0.115 e. The van der Waals surface area contributed by atoms with Gasteiger partial charge in [0.2, 0.25) is 0 Å². The lowest BCUT2D eigenvalue weighted by Gasteiger charge is -2.35. The predicted molar refractivity (Wildman–Crippen MR) is 129 cm³/mol. The summed E-state index contributed by atoms with van der Waals surface area (Å²) in [7, 11) is 0. The van der Waals surface area contributed by atoms with E-state index in [2.05, 4.69) is 39.8 Å². The number of phenols is 2. The monoisotopic (exact) mass is 410 g/mol. The van der Waals surface area contributed by atoms with Gasteiger partial charge in [-0.2, -0.15) is 0 Å². The first-order valence-corrected chi connectivity index (χ1v) is 12.1. The topological polar surface area (TPSA) is 40.5 Å². The fourth-order valence-electron chi connectivity index (χ4n) is 4.86. The van der Waals surface area contributed by atoms with Crippen molar-refractivity contribution >= 4 is 0 Å². The first kappa shape index (κ1) is 24.3. The number of aryl methyl sites for hydroxylation is 2. The molecule has 0 atom stereocenters. The van der Waals surface area contributed by atoms with Gasteiger partial charge in [0.1, 0.15) is 11.5 Å². The Morgan fingerprint density at radius 2 is 1.10 bits per heavy atom. The van der Waals surface area contributed by atoms with Crippen molar-refractivity contribution in [1.29, 1.82) is 0 Å². The third kappa shape index (κ3) is 6.27. The van der Waals surface area contributed by atoms with Crippen LogP contribution in [0, 0.1) is 0 Å². The molecule has 0 aliphatic rings. The van der Waals surface area contributed by atoms with Crippen molar-refractivity contribution < 1.29 is 10.2 Å². The number of benzene rings is 2. The van der Waals surface area contributed by atoms with Crippen molar-refractivity contribution in [2.24, 2.45) is 0 Å². The SMILES string of the molecule is CCCCCCCCC(C)(c1ccc(O)cc1CCC)c1ccc(O)cc1CCC. The largest absolute Gasteiger partial charge is 0.508 e. The first-order valence-electron chi connectivity index (χ1n) is 12.1. The summed E-state index contributed by atoms with van der Waals surface area (Å²) < 4.78 is 0. The molecule has 2 aromatic rings. The van der Waals surface area contributed by atoms with Gasteiger partial charge in [-0.1, -0.05) is 91.2 Å². The Morgan fingerprint density at radius 1 is 0.633 bits per heavy atom. The second-order valence-electron chi connectivity index (χ2n) is 9.03. The first-order chi connectivity index (χ1) is 14.5. The Kier molecular flexibility index (Phi) is 9.75. The van der Waals surface area contributed by atoms with Crippen LogP contribution < -0.4 is 0 Å². The fourth-order valence-corrected chi connectivity index (χ4v) is 4.86. The van der Waals surface area contributed by atoms with Crippen molar-refractivity contribution in [2.45, 2.75) is 104 Å². The number of unbranched alkanes of at least 4 members (excludes halogenated alkanes) is 5. The normalized spacial score (nSPS) is 11.7. The van der Waals surface area contributed by atoms with Crippen molar-refractivity contribution in [3.05, 3.63) is 58.7 Å². The van der Waals surface area contributed by atoms with Gasteiger partial charge in [0.25, 0.3) is 0 Å². The minimum absolute atomic E-state index is 0.124. The molecule has 2 heteroatoms. The van der Waals surface area contributed by atoms with Crippen molar-refractivity contribution in [3.8, 4) is 11.5 Å². The van der Waals surface area contributed by atoms with E-state index >= 15 is 0 Å². The zero-order valence-electron chi connectivity index (χ0n) is 19.6. The van der Waals surface area contributed by atoms with E-state index in [0.29, 0.717) is 11.5 Å². The van der Waals surface area contributed by atoms with E-state index < -0.39 is 0 Å². The van der Waals surface area contributed by atoms with Crippen LogP contribution in [0.1, 0.15) is 108 Å². The zero-order chi connectivity index (χ0) is 22.0. The van der Waals surface area contributed by atoms with Gasteiger partial charge in [-0.05, 0) is 65.8 Å². The van der Waals surface area contributed by atoms with Gasteiger partial charge in [0.15, 0.2) is 0 Å². The number of rotatable bonds is 13. The van der Waals surface area contributed by atoms with Gasteiger partial charge in [-0.15, -0.1) is 0 Å². The highest BCUT2D eigenvalue weighted by molar-refractivity contribution is 5.50. The number of hydrogen-bond donors (Lipinski definition) is 2. The molecule has 2 rings (SSSR count). The third-order valence-corrected chi connectivity index (χ3v) is 6.44. The summed E-state index contributed by atoms with van der Waals surface area (Å²) in [6, 6.07) is 11.9. The summed E-state index contributed by atoms with van der Waals surface area (Å²) in [5.74, 6) is 0.701. The quantitative estimate of drug-likeness (QED) is 0.328. The second-order valence-corrected chi connectivity index (χ2v) is 9.03. The van der Waals surface area contributed by atoms with Crippen molar-refractivity contribution in [3.63, 3.8) is 0 Å². The highest BCUT2D eigenvalue weighted by Gasteiger charge is 2.32. The molecule has 0 saturated carbocycles. The molecule has 0 spiro atoms. The van der Waals surface area contributed by atoms with Crippen LogP contribution in [0.25, 0.3) is 0 Å². The van der Waals surface area contributed by atoms with E-state index in [-0.39, 0.29) is 5.41 Å². The summed E-state index contributed by atoms with van der Waals surface area (Å²) in [4.78, 5) is 0. The standard InChI is InChI=1S/C28H42O2/c1-5-8-9-10-11-12-19-28(4,26-17-15-24(29)20-22(26)13-6-2)27-18-16-25(30)21-23(27)14-7-3/h15-18,20-21,29-30H,5-14,19H2,1-4H3. The summed E-state index contributed by atoms with van der Waals surface area (Å²) in [6.07, 6.45) is 12.8. The molecule has 0 bridgehead atoms. The molecular formula is C28H42O2. The summed E-state index contributed by atoms with van der Waals surface area (Å²) in [6.45, 7) is 9.03. The molecule has 0 saturated heterocycles. The van der Waals surface area contributed by atoms with Crippen molar-refractivity contribution in [1.82, 2.24) is 0 Å². The average Bonchev–Trinajstić information content (AvgIpc) is 2.71. The molecular weight excluding hydrogens is 368 g/mol. The van der Waals surface area contributed by atoms with Crippen LogP contribution in [-0.4, -0.2) is 10.2 Å². The van der Waals surface area contributed by atoms with Crippen LogP contribution in [0.15, 0.2) is 36.4 Å². The lowest BCUT2D eigenvalue weighted by Crippen LogP contribution is -2.27. The lowest BCUT2D eigenvalue weighted by molar-refractivity contribution is 0.454. The van der Waals surface area contributed by atoms with Crippen LogP contribution in [0.5, 0.6) is 11.5 Å². The fraction of sp³-hybridized carbons (Fsp3) is 0.571. The molecule has 0 amide bonds. The minimum atomic E-state index is -0.124. The van der Waals surface area contributed by atoms with Gasteiger partial charge < -0.3 is 10.2 Å². The van der Waals surface area contributed by atoms with Crippen LogP contribution in [0.2, 0.25) is 0 Å². The number of phenolic OH excluding ortho intramolecular Hbond substituents is 2. The second kappa shape index (κ2) is 12.0. The highest BCUT2D eigenvalue weighted by Crippen LogP contribution is 2.42. The maximum atomic E-state index is 10.1. The molecule has 166 valence electrons. The Hall–Kier alpha value is -1.96. The molecule has 0 aromatic heterocycles. The van der Waals surface area contributed by atoms with E-state index in [0.717, 1.165) is 32.1 Å². The molecule has 0 aliphatic carbocycles. The summed E-state index contributed by atoms with van der Waals surface area (Å²) in [5.41, 5.74) is 5.04. The minimum Gasteiger partial charge on any atom is -0.508 e. The smallest absolute Gasteiger partial charge is 0.115 e. The van der Waals surface area contributed by atoms with Gasteiger partial charge in [0, 0.05) is 5.41 Å². The van der Waals surface area contributed by atoms with Crippen molar-refractivity contribution in [2.75, 3.05) is 0 Å². The predicted octanol–water partition coefficient (Wildman–Crippen LogP) is 8.06. The van der Waals surface area contributed by atoms with E-state index in [1.165, 1.54) is 60.8 Å². The molecule has 2 aromatic carbocycles. The molecule has 30 heavy (non-hydrogen) atoms. The number of hydrogen-bond acceptors (Lipinski definition) is 2. The average molecular weight is 411 g/mol. The molecule has 0 fully saturated rings. The van der Waals surface area contributed by atoms with Gasteiger partial charge >= 0.3 is 0 Å². The molecule has 2 N–H and O–H groups in total. The summed E-state index contributed by atoms with van der Waals surface area (Å²) >= 11 is 0. The zero-order valence-corrected chi connectivity index (χ0v) is 19.6. The van der Waals surface area contributed by atoms with E-state index in [1.54, 1.807) is 0 Å². The van der Waals surface area contributed by atoms with Gasteiger partial charge in [0.05, 0.1) is 0 Å². The Bertz CT molecular complexity index is 723. The molecule has 2 nitrogen and oxygen atoms in total. The Balaban J connectivity index is 2.46. The molecule has 0 heterocycles. The van der Waals surface area contributed by atoms with Crippen LogP contribution in [0.4, 0.5) is 0 Å². The van der Waals surface area contributed by atoms with Gasteiger partial charge in [-0.3, -0.25) is 0 Å². The highest BCUT2D eigenvalue weighted by atomic mass is 16.3. The van der Waals surface area contributed by atoms with Crippen LogP contribution in [0.3, 0.4) is 0 Å². The number of aromatic hydroxyl groups is 2. The third-order valence-electron chi connectivity index (χ3n) is 6.44. The van der Waals surface area contributed by atoms with Crippen LogP contribution >= 0.6 is 0 Å². The maximum absolute atomic E-state index is 10.1. The van der Waals surface area contributed by atoms with Gasteiger partial charge in [-0.25, -0.2) is 0 Å². The van der Waals surface area contributed by atoms with E-state index in [4.69, 9.17) is 0 Å². The summed E-state index contributed by atoms with van der Waals surface area (Å²) in [5, 5.41) is 20.3.